The van der Waals surface area contributed by atoms with Crippen molar-refractivity contribution in [1.29, 1.82) is 0 Å². The number of likely N-dealkylation sites (tertiary alicyclic amines) is 1. The predicted molar refractivity (Wildman–Crippen MR) is 81.8 cm³/mol. The van der Waals surface area contributed by atoms with Crippen molar-refractivity contribution in [1.82, 2.24) is 15.0 Å². The molecule has 3 rings (SSSR count). The van der Waals surface area contributed by atoms with Crippen LogP contribution in [0, 0.1) is 6.92 Å². The van der Waals surface area contributed by atoms with Gasteiger partial charge in [0.1, 0.15) is 11.3 Å². The number of aryl methyl sites for hydroxylation is 1. The molecule has 2 aliphatic heterocycles. The highest BCUT2D eigenvalue weighted by Gasteiger charge is 2.27. The van der Waals surface area contributed by atoms with Crippen LogP contribution in [0.4, 0.5) is 0 Å². The Morgan fingerprint density at radius 3 is 2.82 bits per heavy atom. The second kappa shape index (κ2) is 7.24. The third kappa shape index (κ3) is 3.67. The largest absolute Gasteiger partial charge is 0.375 e. The third-order valence-electron chi connectivity index (χ3n) is 4.53. The summed E-state index contributed by atoms with van der Waals surface area (Å²) >= 11 is 0. The highest BCUT2D eigenvalue weighted by atomic mass is 16.5. The number of ether oxygens (including phenoxy) is 1. The van der Waals surface area contributed by atoms with E-state index in [2.05, 4.69) is 10.1 Å². The average molecular weight is 307 g/mol. The van der Waals surface area contributed by atoms with Crippen LogP contribution in [-0.4, -0.2) is 66.3 Å². The van der Waals surface area contributed by atoms with E-state index in [1.807, 2.05) is 4.90 Å². The molecule has 6 heteroatoms. The van der Waals surface area contributed by atoms with Crippen molar-refractivity contribution in [2.24, 2.45) is 0 Å². The number of rotatable bonds is 3. The molecule has 2 saturated heterocycles. The van der Waals surface area contributed by atoms with Crippen LogP contribution in [0.25, 0.3) is 0 Å². The normalized spacial score (nSPS) is 24.2. The SMILES string of the molecule is Cc1oncc1C(=O)N1CCCOC(CN2CCCCC2)C1. The first-order chi connectivity index (χ1) is 10.7. The summed E-state index contributed by atoms with van der Waals surface area (Å²) in [6.07, 6.45) is 6.38. The van der Waals surface area contributed by atoms with Crippen molar-refractivity contribution in [3.8, 4) is 0 Å². The zero-order valence-corrected chi connectivity index (χ0v) is 13.3. The van der Waals surface area contributed by atoms with Crippen molar-refractivity contribution < 1.29 is 14.1 Å². The van der Waals surface area contributed by atoms with Gasteiger partial charge in [-0.1, -0.05) is 11.6 Å². The quantitative estimate of drug-likeness (QED) is 0.850. The van der Waals surface area contributed by atoms with Crippen LogP contribution in [-0.2, 0) is 4.74 Å². The predicted octanol–water partition coefficient (Wildman–Crippen LogP) is 1.70. The Hall–Kier alpha value is -1.40. The maximum Gasteiger partial charge on any atom is 0.259 e. The fraction of sp³-hybridized carbons (Fsp3) is 0.750. The summed E-state index contributed by atoms with van der Waals surface area (Å²) in [5.41, 5.74) is 0.568. The van der Waals surface area contributed by atoms with Gasteiger partial charge in [0.05, 0.1) is 12.3 Å². The minimum Gasteiger partial charge on any atom is -0.375 e. The first-order valence-corrected chi connectivity index (χ1v) is 8.28. The number of hydrogen-bond donors (Lipinski definition) is 0. The molecule has 0 aromatic carbocycles. The van der Waals surface area contributed by atoms with Crippen molar-refractivity contribution in [2.75, 3.05) is 39.3 Å². The Morgan fingerprint density at radius 1 is 1.27 bits per heavy atom. The summed E-state index contributed by atoms with van der Waals surface area (Å²) in [5.74, 6) is 0.593. The molecule has 0 spiro atoms. The molecular weight excluding hydrogens is 282 g/mol. The lowest BCUT2D eigenvalue weighted by Crippen LogP contribution is -2.43. The standard InChI is InChI=1S/C16H25N3O3/c1-13-15(10-17-22-13)16(20)19-8-5-9-21-14(12-19)11-18-6-3-2-4-7-18/h10,14H,2-9,11-12H2,1H3. The van der Waals surface area contributed by atoms with E-state index in [1.54, 1.807) is 6.92 Å². The number of carbonyl (C=O) groups excluding carboxylic acids is 1. The summed E-state index contributed by atoms with van der Waals surface area (Å²) in [4.78, 5) is 17.0. The zero-order valence-electron chi connectivity index (χ0n) is 13.3. The third-order valence-corrected chi connectivity index (χ3v) is 4.53. The molecule has 1 atom stereocenters. The molecule has 1 aromatic rings. The van der Waals surface area contributed by atoms with E-state index in [1.165, 1.54) is 25.5 Å². The summed E-state index contributed by atoms with van der Waals surface area (Å²) in [5, 5.41) is 3.71. The first-order valence-electron chi connectivity index (χ1n) is 8.28. The molecule has 0 aliphatic carbocycles. The molecule has 22 heavy (non-hydrogen) atoms. The zero-order chi connectivity index (χ0) is 15.4. The number of aromatic nitrogens is 1. The fourth-order valence-electron chi connectivity index (χ4n) is 3.29. The van der Waals surface area contributed by atoms with Gasteiger partial charge >= 0.3 is 0 Å². The van der Waals surface area contributed by atoms with Gasteiger partial charge in [-0.3, -0.25) is 4.79 Å². The molecule has 1 amide bonds. The second-order valence-electron chi connectivity index (χ2n) is 6.25. The number of nitrogens with zero attached hydrogens (tertiary/aromatic N) is 3. The van der Waals surface area contributed by atoms with Crippen molar-refractivity contribution in [3.05, 3.63) is 17.5 Å². The first kappa shape index (κ1) is 15.5. The van der Waals surface area contributed by atoms with Gasteiger partial charge in [0.2, 0.25) is 0 Å². The van der Waals surface area contributed by atoms with Crippen molar-refractivity contribution in [2.45, 2.75) is 38.7 Å². The highest BCUT2D eigenvalue weighted by molar-refractivity contribution is 5.94. The molecule has 6 nitrogen and oxygen atoms in total. The summed E-state index contributed by atoms with van der Waals surface area (Å²) < 4.78 is 11.0. The van der Waals surface area contributed by atoms with Gasteiger partial charge in [0.25, 0.3) is 5.91 Å². The van der Waals surface area contributed by atoms with Crippen molar-refractivity contribution in [3.63, 3.8) is 0 Å². The molecule has 1 unspecified atom stereocenters. The summed E-state index contributed by atoms with van der Waals surface area (Å²) in [6, 6.07) is 0. The van der Waals surface area contributed by atoms with E-state index in [0.29, 0.717) is 17.9 Å². The van der Waals surface area contributed by atoms with E-state index in [4.69, 9.17) is 9.26 Å². The van der Waals surface area contributed by atoms with Gasteiger partial charge in [-0.05, 0) is 39.3 Å². The molecule has 0 bridgehead atoms. The minimum atomic E-state index is 0.00731. The van der Waals surface area contributed by atoms with E-state index in [0.717, 1.165) is 39.2 Å². The lowest BCUT2D eigenvalue weighted by molar-refractivity contribution is 0.0216. The highest BCUT2D eigenvalue weighted by Crippen LogP contribution is 2.16. The molecule has 2 fully saturated rings. The Balaban J connectivity index is 1.62. The van der Waals surface area contributed by atoms with Crippen molar-refractivity contribution >= 4 is 5.91 Å². The van der Waals surface area contributed by atoms with Gasteiger partial charge in [-0.25, -0.2) is 0 Å². The lowest BCUT2D eigenvalue weighted by atomic mass is 10.1. The Bertz CT molecular complexity index is 497. The van der Waals surface area contributed by atoms with Crippen LogP contribution in [0.1, 0.15) is 41.8 Å². The Kier molecular flexibility index (Phi) is 5.10. The number of carbonyl (C=O) groups is 1. The maximum atomic E-state index is 12.6. The fourth-order valence-corrected chi connectivity index (χ4v) is 3.29. The van der Waals surface area contributed by atoms with Gasteiger partial charge in [0.15, 0.2) is 0 Å². The molecular formula is C16H25N3O3. The molecule has 1 aromatic heterocycles. The van der Waals surface area contributed by atoms with Gasteiger partial charge in [-0.2, -0.15) is 0 Å². The molecule has 3 heterocycles. The molecule has 122 valence electrons. The Labute approximate surface area is 131 Å². The lowest BCUT2D eigenvalue weighted by Gasteiger charge is -2.31. The maximum absolute atomic E-state index is 12.6. The van der Waals surface area contributed by atoms with Crippen LogP contribution >= 0.6 is 0 Å². The van der Waals surface area contributed by atoms with Gasteiger partial charge in [-0.15, -0.1) is 0 Å². The number of amides is 1. The van der Waals surface area contributed by atoms with Gasteiger partial charge < -0.3 is 19.1 Å². The minimum absolute atomic E-state index is 0.00731. The number of piperidine rings is 1. The van der Waals surface area contributed by atoms with E-state index in [9.17, 15) is 4.79 Å². The molecule has 2 aliphatic rings. The monoisotopic (exact) mass is 307 g/mol. The molecule has 0 saturated carbocycles. The van der Waals surface area contributed by atoms with Crippen LogP contribution in [0.15, 0.2) is 10.7 Å². The second-order valence-corrected chi connectivity index (χ2v) is 6.25. The number of hydrogen-bond acceptors (Lipinski definition) is 5. The smallest absolute Gasteiger partial charge is 0.259 e. The van der Waals surface area contributed by atoms with E-state index < -0.39 is 0 Å². The van der Waals surface area contributed by atoms with Crippen LogP contribution < -0.4 is 0 Å². The van der Waals surface area contributed by atoms with E-state index in [-0.39, 0.29) is 12.0 Å². The topological polar surface area (TPSA) is 58.8 Å². The van der Waals surface area contributed by atoms with Crippen LogP contribution in [0.2, 0.25) is 0 Å². The Morgan fingerprint density at radius 2 is 2.09 bits per heavy atom. The van der Waals surface area contributed by atoms with E-state index >= 15 is 0 Å². The van der Waals surface area contributed by atoms with Gasteiger partial charge in [0, 0.05) is 26.2 Å². The average Bonchev–Trinajstić information content (AvgIpc) is 2.82. The van der Waals surface area contributed by atoms with Crippen LogP contribution in [0.3, 0.4) is 0 Å². The summed E-state index contributed by atoms with van der Waals surface area (Å²) in [7, 11) is 0. The molecule has 0 N–H and O–H groups in total. The molecule has 0 radical (unpaired) electrons. The van der Waals surface area contributed by atoms with Crippen LogP contribution in [0.5, 0.6) is 0 Å². The summed E-state index contributed by atoms with van der Waals surface area (Å²) in [6.45, 7) is 7.12.